The molecule has 1 aliphatic rings. The highest BCUT2D eigenvalue weighted by molar-refractivity contribution is 5.98. The summed E-state index contributed by atoms with van der Waals surface area (Å²) in [6.45, 7) is 0.720. The van der Waals surface area contributed by atoms with Gasteiger partial charge in [0.05, 0.1) is 6.61 Å². The van der Waals surface area contributed by atoms with Gasteiger partial charge in [0.25, 0.3) is 5.91 Å². The lowest BCUT2D eigenvalue weighted by Crippen LogP contribution is -2.41. The number of aromatic nitrogens is 1. The van der Waals surface area contributed by atoms with Crippen LogP contribution in [-0.2, 0) is 0 Å². The summed E-state index contributed by atoms with van der Waals surface area (Å²) in [5, 5.41) is 13.7. The quantitative estimate of drug-likeness (QED) is 0.809. The van der Waals surface area contributed by atoms with Gasteiger partial charge in [0.1, 0.15) is 0 Å². The van der Waals surface area contributed by atoms with Crippen molar-refractivity contribution in [3.63, 3.8) is 0 Å². The van der Waals surface area contributed by atoms with E-state index in [9.17, 15) is 9.90 Å². The van der Waals surface area contributed by atoms with Crippen LogP contribution in [0.25, 0.3) is 10.9 Å². The Bertz CT molecular complexity index is 627. The number of hydrogen-bond donors (Lipinski definition) is 3. The van der Waals surface area contributed by atoms with Gasteiger partial charge >= 0.3 is 0 Å². The van der Waals surface area contributed by atoms with Crippen LogP contribution >= 0.6 is 0 Å². The molecule has 0 saturated heterocycles. The Morgan fingerprint density at radius 2 is 2.05 bits per heavy atom. The van der Waals surface area contributed by atoms with Gasteiger partial charge in [-0.2, -0.15) is 0 Å². The molecule has 4 heteroatoms. The van der Waals surface area contributed by atoms with Crippen molar-refractivity contribution >= 4 is 16.8 Å². The lowest BCUT2D eigenvalue weighted by atomic mass is 9.74. The molecule has 1 aromatic heterocycles. The van der Waals surface area contributed by atoms with E-state index in [0.717, 1.165) is 36.6 Å². The van der Waals surface area contributed by atoms with E-state index in [0.29, 0.717) is 12.1 Å². The number of aliphatic hydroxyl groups excluding tert-OH is 1. The van der Waals surface area contributed by atoms with Gasteiger partial charge in [-0.1, -0.05) is 19.3 Å². The number of aromatic amines is 1. The van der Waals surface area contributed by atoms with Crippen LogP contribution in [0.2, 0.25) is 0 Å². The first-order chi connectivity index (χ1) is 10.2. The first-order valence-electron chi connectivity index (χ1n) is 7.69. The van der Waals surface area contributed by atoms with E-state index in [1.807, 2.05) is 30.5 Å². The normalized spacial score (nSPS) is 17.8. The summed E-state index contributed by atoms with van der Waals surface area (Å²) in [6.07, 6.45) is 7.40. The summed E-state index contributed by atoms with van der Waals surface area (Å²) in [7, 11) is 0. The zero-order valence-electron chi connectivity index (χ0n) is 12.2. The Balaban J connectivity index is 1.67. The van der Waals surface area contributed by atoms with Crippen LogP contribution in [0.3, 0.4) is 0 Å². The number of carbonyl (C=O) groups excluding carboxylic acids is 1. The van der Waals surface area contributed by atoms with Crippen molar-refractivity contribution in [2.75, 3.05) is 13.2 Å². The zero-order chi connectivity index (χ0) is 14.7. The van der Waals surface area contributed by atoms with E-state index < -0.39 is 0 Å². The number of carbonyl (C=O) groups is 1. The third-order valence-corrected chi connectivity index (χ3v) is 4.69. The molecule has 1 amide bonds. The van der Waals surface area contributed by atoms with Crippen LogP contribution in [0.15, 0.2) is 30.5 Å². The van der Waals surface area contributed by atoms with E-state index in [1.54, 1.807) is 0 Å². The van der Waals surface area contributed by atoms with Gasteiger partial charge in [0, 0.05) is 34.6 Å². The van der Waals surface area contributed by atoms with Gasteiger partial charge in [-0.3, -0.25) is 4.79 Å². The highest BCUT2D eigenvalue weighted by Crippen LogP contribution is 2.35. The maximum Gasteiger partial charge on any atom is 0.251 e. The zero-order valence-corrected chi connectivity index (χ0v) is 12.2. The molecule has 0 aliphatic heterocycles. The van der Waals surface area contributed by atoms with Crippen LogP contribution in [0, 0.1) is 5.41 Å². The lowest BCUT2D eigenvalue weighted by molar-refractivity contribution is 0.0718. The van der Waals surface area contributed by atoms with Crippen molar-refractivity contribution in [1.82, 2.24) is 10.3 Å². The highest BCUT2D eigenvalue weighted by atomic mass is 16.3. The van der Waals surface area contributed by atoms with Crippen molar-refractivity contribution in [3.05, 3.63) is 36.0 Å². The highest BCUT2D eigenvalue weighted by Gasteiger charge is 2.31. The molecule has 2 aromatic rings. The number of amides is 1. The molecule has 0 atom stereocenters. The molecule has 1 aliphatic carbocycles. The second-order valence-corrected chi connectivity index (χ2v) is 6.18. The first-order valence-corrected chi connectivity index (χ1v) is 7.69. The number of H-pyrrole nitrogens is 1. The number of nitrogens with one attached hydrogen (secondary N) is 2. The smallest absolute Gasteiger partial charge is 0.251 e. The van der Waals surface area contributed by atoms with Gasteiger partial charge in [0.15, 0.2) is 0 Å². The Hall–Kier alpha value is -1.81. The van der Waals surface area contributed by atoms with Crippen molar-refractivity contribution in [2.45, 2.75) is 32.1 Å². The second-order valence-electron chi connectivity index (χ2n) is 6.18. The topological polar surface area (TPSA) is 65.1 Å². The average molecular weight is 286 g/mol. The minimum Gasteiger partial charge on any atom is -0.396 e. The summed E-state index contributed by atoms with van der Waals surface area (Å²) >= 11 is 0. The van der Waals surface area contributed by atoms with Gasteiger partial charge in [-0.25, -0.2) is 0 Å². The molecule has 4 nitrogen and oxygen atoms in total. The molecular weight excluding hydrogens is 264 g/mol. The third kappa shape index (κ3) is 2.95. The molecule has 1 aromatic carbocycles. The molecule has 3 rings (SSSR count). The van der Waals surface area contributed by atoms with Crippen LogP contribution < -0.4 is 5.32 Å². The minimum absolute atomic E-state index is 0.0588. The van der Waals surface area contributed by atoms with Crippen LogP contribution in [0.5, 0.6) is 0 Å². The fraction of sp³-hybridized carbons (Fsp3) is 0.471. The van der Waals surface area contributed by atoms with Gasteiger partial charge in [-0.15, -0.1) is 0 Å². The largest absolute Gasteiger partial charge is 0.396 e. The van der Waals surface area contributed by atoms with Gasteiger partial charge < -0.3 is 15.4 Å². The Labute approximate surface area is 124 Å². The fourth-order valence-corrected chi connectivity index (χ4v) is 3.26. The lowest BCUT2D eigenvalue weighted by Gasteiger charge is -2.35. The standard InChI is InChI=1S/C17H22N2O2/c20-12-17(7-2-1-3-8-17)11-19-16(21)14-4-5-15-13(10-14)6-9-18-15/h4-6,9-10,18,20H,1-3,7-8,11-12H2,(H,19,21). The summed E-state index contributed by atoms with van der Waals surface area (Å²) in [5.41, 5.74) is 1.59. The molecule has 0 unspecified atom stereocenters. The van der Waals surface area contributed by atoms with Gasteiger partial charge in [-0.05, 0) is 37.1 Å². The number of hydrogen-bond acceptors (Lipinski definition) is 2. The second kappa shape index (κ2) is 5.90. The van der Waals surface area contributed by atoms with Crippen molar-refractivity contribution in [3.8, 4) is 0 Å². The molecule has 0 radical (unpaired) electrons. The molecular formula is C17H22N2O2. The van der Waals surface area contributed by atoms with Crippen LogP contribution in [0.4, 0.5) is 0 Å². The van der Waals surface area contributed by atoms with Gasteiger partial charge in [0.2, 0.25) is 0 Å². The van der Waals surface area contributed by atoms with Crippen LogP contribution in [-0.4, -0.2) is 29.1 Å². The molecule has 3 N–H and O–H groups in total. The Kier molecular flexibility index (Phi) is 3.97. The number of aliphatic hydroxyl groups is 1. The number of rotatable bonds is 4. The molecule has 0 bridgehead atoms. The Morgan fingerprint density at radius 3 is 2.81 bits per heavy atom. The molecule has 21 heavy (non-hydrogen) atoms. The van der Waals surface area contributed by atoms with Crippen molar-refractivity contribution in [2.24, 2.45) is 5.41 Å². The van der Waals surface area contributed by atoms with E-state index in [4.69, 9.17) is 0 Å². The number of fused-ring (bicyclic) bond motifs is 1. The fourth-order valence-electron chi connectivity index (χ4n) is 3.26. The number of benzene rings is 1. The third-order valence-electron chi connectivity index (χ3n) is 4.69. The summed E-state index contributed by atoms with van der Waals surface area (Å²) < 4.78 is 0. The van der Waals surface area contributed by atoms with E-state index in [-0.39, 0.29) is 17.9 Å². The Morgan fingerprint density at radius 1 is 1.24 bits per heavy atom. The van der Waals surface area contributed by atoms with Crippen molar-refractivity contribution < 1.29 is 9.90 Å². The monoisotopic (exact) mass is 286 g/mol. The van der Waals surface area contributed by atoms with E-state index >= 15 is 0 Å². The maximum atomic E-state index is 12.3. The maximum absolute atomic E-state index is 12.3. The first kappa shape index (κ1) is 14.1. The summed E-state index contributed by atoms with van der Waals surface area (Å²) in [4.78, 5) is 15.4. The summed E-state index contributed by atoms with van der Waals surface area (Å²) in [5.74, 6) is -0.0588. The van der Waals surface area contributed by atoms with Crippen LogP contribution in [0.1, 0.15) is 42.5 Å². The average Bonchev–Trinajstić information content (AvgIpc) is 3.01. The molecule has 1 heterocycles. The SMILES string of the molecule is O=C(NCC1(CO)CCCCC1)c1ccc2[nH]ccc2c1. The van der Waals surface area contributed by atoms with Crippen molar-refractivity contribution in [1.29, 1.82) is 0 Å². The predicted molar refractivity (Wildman–Crippen MR) is 83.2 cm³/mol. The summed E-state index contributed by atoms with van der Waals surface area (Å²) in [6, 6.07) is 7.61. The molecule has 1 saturated carbocycles. The minimum atomic E-state index is -0.119. The molecule has 1 fully saturated rings. The van der Waals surface area contributed by atoms with E-state index in [1.165, 1.54) is 6.42 Å². The molecule has 112 valence electrons. The van der Waals surface area contributed by atoms with E-state index in [2.05, 4.69) is 10.3 Å². The molecule has 0 spiro atoms. The predicted octanol–water partition coefficient (Wildman–Crippen LogP) is 2.84.